The van der Waals surface area contributed by atoms with Crippen LogP contribution in [0.1, 0.15) is 28.4 Å². The number of aryl methyl sites for hydroxylation is 2. The second kappa shape index (κ2) is 5.05. The molecule has 0 aliphatic carbocycles. The minimum Gasteiger partial charge on any atom is -0.398 e. The summed E-state index contributed by atoms with van der Waals surface area (Å²) >= 11 is 0. The molecule has 0 aliphatic heterocycles. The average Bonchev–Trinajstić information content (AvgIpc) is 2.39. The van der Waals surface area contributed by atoms with Crippen molar-refractivity contribution in [2.24, 2.45) is 0 Å². The lowest BCUT2D eigenvalue weighted by Crippen LogP contribution is -1.99. The highest BCUT2D eigenvalue weighted by Gasteiger charge is 2.12. The Balaban J connectivity index is 2.73. The molecule has 2 rings (SSSR count). The molecule has 0 radical (unpaired) electrons. The first-order valence-corrected chi connectivity index (χ1v) is 6.11. The van der Waals surface area contributed by atoms with Crippen molar-refractivity contribution in [3.8, 4) is 11.1 Å². The summed E-state index contributed by atoms with van der Waals surface area (Å²) in [5, 5.41) is 0. The largest absolute Gasteiger partial charge is 0.398 e. The molecule has 18 heavy (non-hydrogen) atoms. The van der Waals surface area contributed by atoms with Crippen LogP contribution in [0.15, 0.2) is 36.4 Å². The summed E-state index contributed by atoms with van der Waals surface area (Å²) in [5.41, 5.74) is 11.8. The molecule has 92 valence electrons. The summed E-state index contributed by atoms with van der Waals surface area (Å²) < 4.78 is 0. The van der Waals surface area contributed by atoms with Gasteiger partial charge < -0.3 is 5.73 Å². The van der Waals surface area contributed by atoms with Crippen molar-refractivity contribution >= 4 is 12.0 Å². The van der Waals surface area contributed by atoms with Gasteiger partial charge in [0.15, 0.2) is 6.29 Å². The van der Waals surface area contributed by atoms with E-state index in [0.29, 0.717) is 5.56 Å². The fraction of sp³-hybridized carbons (Fsp3) is 0.188. The number of hydrogen-bond acceptors (Lipinski definition) is 2. The second-order valence-electron chi connectivity index (χ2n) is 4.39. The number of benzene rings is 2. The SMILES string of the molecule is CCc1cccc(-c2c(C)cccc2C=O)c1N. The molecule has 2 N–H and O–H groups in total. The molecule has 2 heteroatoms. The predicted molar refractivity (Wildman–Crippen MR) is 75.8 cm³/mol. The number of nitrogens with two attached hydrogens (primary N) is 1. The van der Waals surface area contributed by atoms with E-state index in [0.717, 1.165) is 40.6 Å². The number of hydrogen-bond donors (Lipinski definition) is 1. The minimum atomic E-state index is 0.690. The summed E-state index contributed by atoms with van der Waals surface area (Å²) in [6.07, 6.45) is 1.78. The summed E-state index contributed by atoms with van der Waals surface area (Å²) in [4.78, 5) is 11.2. The Morgan fingerprint density at radius 2 is 1.89 bits per heavy atom. The Morgan fingerprint density at radius 1 is 1.17 bits per heavy atom. The number of anilines is 1. The first-order valence-electron chi connectivity index (χ1n) is 6.11. The monoisotopic (exact) mass is 239 g/mol. The summed E-state index contributed by atoms with van der Waals surface area (Å²) in [6, 6.07) is 11.7. The van der Waals surface area contributed by atoms with Crippen LogP contribution in [0.25, 0.3) is 11.1 Å². The van der Waals surface area contributed by atoms with Gasteiger partial charge in [0, 0.05) is 16.8 Å². The van der Waals surface area contributed by atoms with Gasteiger partial charge in [-0.05, 0) is 30.0 Å². The van der Waals surface area contributed by atoms with Crippen molar-refractivity contribution in [2.45, 2.75) is 20.3 Å². The molecular weight excluding hydrogens is 222 g/mol. The Hall–Kier alpha value is -2.09. The molecule has 0 heterocycles. The van der Waals surface area contributed by atoms with Crippen LogP contribution in [0.3, 0.4) is 0 Å². The van der Waals surface area contributed by atoms with Gasteiger partial charge in [-0.2, -0.15) is 0 Å². The molecule has 0 spiro atoms. The molecule has 0 aromatic heterocycles. The number of carbonyl (C=O) groups excluding carboxylic acids is 1. The Kier molecular flexibility index (Phi) is 3.47. The summed E-state index contributed by atoms with van der Waals surface area (Å²) in [6.45, 7) is 4.08. The van der Waals surface area contributed by atoms with E-state index >= 15 is 0 Å². The van der Waals surface area contributed by atoms with Gasteiger partial charge in [0.2, 0.25) is 0 Å². The lowest BCUT2D eigenvalue weighted by atomic mass is 9.92. The number of aldehydes is 1. The highest BCUT2D eigenvalue weighted by atomic mass is 16.1. The van der Waals surface area contributed by atoms with Crippen molar-refractivity contribution in [3.63, 3.8) is 0 Å². The van der Waals surface area contributed by atoms with Crippen LogP contribution in [0.4, 0.5) is 5.69 Å². The molecule has 0 bridgehead atoms. The predicted octanol–water partition coefficient (Wildman–Crippen LogP) is 3.62. The molecule has 0 unspecified atom stereocenters. The highest BCUT2D eigenvalue weighted by Crippen LogP contribution is 2.33. The van der Waals surface area contributed by atoms with Gasteiger partial charge in [-0.1, -0.05) is 43.3 Å². The highest BCUT2D eigenvalue weighted by molar-refractivity contribution is 5.93. The first-order chi connectivity index (χ1) is 8.69. The molecule has 0 aliphatic rings. The zero-order valence-corrected chi connectivity index (χ0v) is 10.7. The van der Waals surface area contributed by atoms with Gasteiger partial charge in [-0.15, -0.1) is 0 Å². The Morgan fingerprint density at radius 3 is 2.56 bits per heavy atom. The zero-order chi connectivity index (χ0) is 13.1. The fourth-order valence-electron chi connectivity index (χ4n) is 2.30. The Labute approximate surface area is 107 Å². The van der Waals surface area contributed by atoms with E-state index in [4.69, 9.17) is 5.73 Å². The van der Waals surface area contributed by atoms with E-state index in [1.165, 1.54) is 0 Å². The third-order valence-corrected chi connectivity index (χ3v) is 3.28. The van der Waals surface area contributed by atoms with E-state index in [-0.39, 0.29) is 0 Å². The maximum absolute atomic E-state index is 11.2. The van der Waals surface area contributed by atoms with E-state index in [9.17, 15) is 4.79 Å². The van der Waals surface area contributed by atoms with E-state index in [1.54, 1.807) is 0 Å². The van der Waals surface area contributed by atoms with Crippen LogP contribution in [0.2, 0.25) is 0 Å². The van der Waals surface area contributed by atoms with Gasteiger partial charge in [0.1, 0.15) is 0 Å². The van der Waals surface area contributed by atoms with Crippen molar-refractivity contribution in [1.82, 2.24) is 0 Å². The molecule has 2 nitrogen and oxygen atoms in total. The number of rotatable bonds is 3. The molecule has 0 saturated carbocycles. The molecule has 0 amide bonds. The topological polar surface area (TPSA) is 43.1 Å². The van der Waals surface area contributed by atoms with Crippen molar-refractivity contribution in [1.29, 1.82) is 0 Å². The van der Waals surface area contributed by atoms with Gasteiger partial charge in [0.25, 0.3) is 0 Å². The van der Waals surface area contributed by atoms with E-state index < -0.39 is 0 Å². The van der Waals surface area contributed by atoms with Crippen molar-refractivity contribution in [2.75, 3.05) is 5.73 Å². The lowest BCUT2D eigenvalue weighted by molar-refractivity contribution is 0.112. The van der Waals surface area contributed by atoms with Crippen LogP contribution in [-0.4, -0.2) is 6.29 Å². The second-order valence-corrected chi connectivity index (χ2v) is 4.39. The maximum Gasteiger partial charge on any atom is 0.150 e. The normalized spacial score (nSPS) is 10.3. The quantitative estimate of drug-likeness (QED) is 0.656. The average molecular weight is 239 g/mol. The fourth-order valence-corrected chi connectivity index (χ4v) is 2.30. The molecule has 2 aromatic carbocycles. The van der Waals surface area contributed by atoms with Gasteiger partial charge in [0.05, 0.1) is 0 Å². The number of carbonyl (C=O) groups is 1. The smallest absolute Gasteiger partial charge is 0.150 e. The van der Waals surface area contributed by atoms with Gasteiger partial charge in [-0.3, -0.25) is 4.79 Å². The van der Waals surface area contributed by atoms with Crippen LogP contribution in [-0.2, 0) is 6.42 Å². The lowest BCUT2D eigenvalue weighted by Gasteiger charge is -2.14. The van der Waals surface area contributed by atoms with Gasteiger partial charge >= 0.3 is 0 Å². The molecule has 0 saturated heterocycles. The molecule has 2 aromatic rings. The molecule has 0 fully saturated rings. The summed E-state index contributed by atoms with van der Waals surface area (Å²) in [7, 11) is 0. The zero-order valence-electron chi connectivity index (χ0n) is 10.7. The van der Waals surface area contributed by atoms with Crippen molar-refractivity contribution < 1.29 is 4.79 Å². The van der Waals surface area contributed by atoms with E-state index in [2.05, 4.69) is 6.92 Å². The number of nitrogen functional groups attached to an aromatic ring is 1. The molecular formula is C16H17NO. The van der Waals surface area contributed by atoms with Crippen LogP contribution in [0, 0.1) is 6.92 Å². The third-order valence-electron chi connectivity index (χ3n) is 3.28. The Bertz CT molecular complexity index is 588. The van der Waals surface area contributed by atoms with E-state index in [1.807, 2.05) is 43.3 Å². The summed E-state index contributed by atoms with van der Waals surface area (Å²) in [5.74, 6) is 0. The third kappa shape index (κ3) is 2.02. The van der Waals surface area contributed by atoms with Gasteiger partial charge in [-0.25, -0.2) is 0 Å². The standard InChI is InChI=1S/C16H17NO/c1-3-12-7-5-9-14(16(12)17)15-11(2)6-4-8-13(15)10-18/h4-10H,3,17H2,1-2H3. The minimum absolute atomic E-state index is 0.690. The van der Waals surface area contributed by atoms with Crippen LogP contribution in [0.5, 0.6) is 0 Å². The van der Waals surface area contributed by atoms with Crippen LogP contribution < -0.4 is 5.73 Å². The maximum atomic E-state index is 11.2. The first kappa shape index (κ1) is 12.4. The van der Waals surface area contributed by atoms with Crippen molar-refractivity contribution in [3.05, 3.63) is 53.1 Å². The van der Waals surface area contributed by atoms with Crippen LogP contribution >= 0.6 is 0 Å². The number of para-hydroxylation sites is 1. The molecule has 0 atom stereocenters.